The van der Waals surface area contributed by atoms with Crippen LogP contribution in [0.1, 0.15) is 11.5 Å². The number of nitriles is 1. The molecule has 0 N–H and O–H groups in total. The molecule has 0 aliphatic carbocycles. The van der Waals surface area contributed by atoms with Crippen molar-refractivity contribution in [3.8, 4) is 6.19 Å². The van der Waals surface area contributed by atoms with Crippen molar-refractivity contribution >= 4 is 21.9 Å². The van der Waals surface area contributed by atoms with Crippen molar-refractivity contribution < 1.29 is 0 Å². The fourth-order valence-electron chi connectivity index (χ4n) is 2.33. The van der Waals surface area contributed by atoms with Crippen LogP contribution < -0.4 is 0 Å². The molecule has 4 nitrogen and oxygen atoms in total. The lowest BCUT2D eigenvalue weighted by molar-refractivity contribution is 0.287. The maximum Gasteiger partial charge on any atom is 0.212 e. The van der Waals surface area contributed by atoms with Crippen molar-refractivity contribution in [3.63, 3.8) is 0 Å². The summed E-state index contributed by atoms with van der Waals surface area (Å²) in [4.78, 5) is 7.91. The summed E-state index contributed by atoms with van der Waals surface area (Å²) >= 11 is 3.45. The van der Waals surface area contributed by atoms with Crippen LogP contribution in [0.5, 0.6) is 0 Å². The molecule has 0 bridgehead atoms. The predicted octanol–water partition coefficient (Wildman–Crippen LogP) is 2.25. The molecule has 0 spiro atoms. The van der Waals surface area contributed by atoms with E-state index < -0.39 is 0 Å². The molecule has 1 aromatic rings. The Balaban J connectivity index is 2.18. The standard InChI is InChI=1S/C13H15BrN4/c1-17-7-11(8-18(2)13(17)16-9-15)10-3-5-12(14)6-4-10/h3-6,11H,7-8H2,1-2H3. The summed E-state index contributed by atoms with van der Waals surface area (Å²) in [5, 5.41) is 8.67. The Morgan fingerprint density at radius 3 is 2.28 bits per heavy atom. The highest BCUT2D eigenvalue weighted by Gasteiger charge is 2.26. The number of guanidine groups is 1. The van der Waals surface area contributed by atoms with E-state index in [1.807, 2.05) is 30.1 Å². The molecule has 0 aromatic heterocycles. The third kappa shape index (κ3) is 2.65. The average molecular weight is 307 g/mol. The monoisotopic (exact) mass is 306 g/mol. The van der Waals surface area contributed by atoms with Crippen LogP contribution in [-0.2, 0) is 0 Å². The van der Waals surface area contributed by atoms with Crippen LogP contribution in [0.4, 0.5) is 0 Å². The maximum absolute atomic E-state index is 8.67. The summed E-state index contributed by atoms with van der Waals surface area (Å²) in [6.45, 7) is 1.76. The second-order valence-electron chi connectivity index (χ2n) is 4.52. The topological polar surface area (TPSA) is 42.6 Å². The molecule has 0 unspecified atom stereocenters. The van der Waals surface area contributed by atoms with Gasteiger partial charge in [-0.15, -0.1) is 4.99 Å². The molecule has 2 rings (SSSR count). The van der Waals surface area contributed by atoms with Crippen molar-refractivity contribution in [2.45, 2.75) is 5.92 Å². The molecule has 1 aromatic carbocycles. The van der Waals surface area contributed by atoms with Gasteiger partial charge < -0.3 is 9.80 Å². The van der Waals surface area contributed by atoms with Gasteiger partial charge >= 0.3 is 0 Å². The number of aliphatic imine (C=N–C) groups is 1. The van der Waals surface area contributed by atoms with E-state index >= 15 is 0 Å². The Morgan fingerprint density at radius 1 is 1.22 bits per heavy atom. The van der Waals surface area contributed by atoms with Gasteiger partial charge in [0.2, 0.25) is 12.2 Å². The quantitative estimate of drug-likeness (QED) is 0.747. The van der Waals surface area contributed by atoms with E-state index in [0.717, 1.165) is 23.5 Å². The molecule has 1 fully saturated rings. The SMILES string of the molecule is CN1CC(c2ccc(Br)cc2)CN(C)C1=NC#N. The molecular formula is C13H15BrN4. The molecule has 18 heavy (non-hydrogen) atoms. The molecular weight excluding hydrogens is 292 g/mol. The first-order valence-electron chi connectivity index (χ1n) is 5.76. The van der Waals surface area contributed by atoms with Gasteiger partial charge in [0.1, 0.15) is 0 Å². The Labute approximate surface area is 116 Å². The van der Waals surface area contributed by atoms with Crippen LogP contribution in [0.25, 0.3) is 0 Å². The molecule has 0 saturated carbocycles. The molecule has 94 valence electrons. The average Bonchev–Trinajstić information content (AvgIpc) is 2.34. The van der Waals surface area contributed by atoms with Crippen LogP contribution in [0.15, 0.2) is 33.7 Å². The molecule has 0 amide bonds. The third-order valence-corrected chi connectivity index (χ3v) is 3.69. The van der Waals surface area contributed by atoms with E-state index in [1.165, 1.54) is 5.56 Å². The number of benzene rings is 1. The van der Waals surface area contributed by atoms with E-state index in [1.54, 1.807) is 0 Å². The maximum atomic E-state index is 8.67. The number of likely N-dealkylation sites (N-methyl/N-ethyl adjacent to an activating group) is 2. The summed E-state index contributed by atoms with van der Waals surface area (Å²) in [7, 11) is 3.94. The van der Waals surface area contributed by atoms with E-state index in [2.05, 4.69) is 45.2 Å². The van der Waals surface area contributed by atoms with Crippen LogP contribution in [0.2, 0.25) is 0 Å². The van der Waals surface area contributed by atoms with Crippen LogP contribution in [0.3, 0.4) is 0 Å². The lowest BCUT2D eigenvalue weighted by Gasteiger charge is -2.39. The lowest BCUT2D eigenvalue weighted by Crippen LogP contribution is -2.49. The summed E-state index contributed by atoms with van der Waals surface area (Å²) in [5.74, 6) is 1.18. The zero-order valence-corrected chi connectivity index (χ0v) is 12.1. The molecule has 0 atom stereocenters. The van der Waals surface area contributed by atoms with Gasteiger partial charge in [-0.3, -0.25) is 0 Å². The first kappa shape index (κ1) is 12.9. The minimum absolute atomic E-state index is 0.436. The van der Waals surface area contributed by atoms with Crippen molar-refractivity contribution in [1.29, 1.82) is 5.26 Å². The Hall–Kier alpha value is -1.54. The third-order valence-electron chi connectivity index (χ3n) is 3.16. The number of nitrogens with zero attached hydrogens (tertiary/aromatic N) is 4. The van der Waals surface area contributed by atoms with Crippen LogP contribution >= 0.6 is 15.9 Å². The summed E-state index contributed by atoms with van der Waals surface area (Å²) in [5.41, 5.74) is 1.31. The van der Waals surface area contributed by atoms with Gasteiger partial charge in [0.25, 0.3) is 0 Å². The molecule has 1 aliphatic rings. The van der Waals surface area contributed by atoms with Crippen LogP contribution in [0, 0.1) is 11.5 Å². The fourth-order valence-corrected chi connectivity index (χ4v) is 2.60. The number of hydrogen-bond donors (Lipinski definition) is 0. The van der Waals surface area contributed by atoms with Crippen molar-refractivity contribution in [2.75, 3.05) is 27.2 Å². The lowest BCUT2D eigenvalue weighted by atomic mass is 9.96. The molecule has 1 saturated heterocycles. The van der Waals surface area contributed by atoms with Crippen LogP contribution in [-0.4, -0.2) is 42.9 Å². The van der Waals surface area contributed by atoms with Crippen molar-refractivity contribution in [3.05, 3.63) is 34.3 Å². The minimum atomic E-state index is 0.436. The predicted molar refractivity (Wildman–Crippen MR) is 75.2 cm³/mol. The highest BCUT2D eigenvalue weighted by Crippen LogP contribution is 2.24. The first-order valence-corrected chi connectivity index (χ1v) is 6.55. The van der Waals surface area contributed by atoms with Gasteiger partial charge in [0, 0.05) is 37.6 Å². The van der Waals surface area contributed by atoms with Gasteiger partial charge in [0.05, 0.1) is 0 Å². The van der Waals surface area contributed by atoms with Crippen molar-refractivity contribution in [1.82, 2.24) is 9.80 Å². The largest absolute Gasteiger partial charge is 0.344 e. The number of halogens is 1. The van der Waals surface area contributed by atoms with E-state index in [0.29, 0.717) is 5.92 Å². The summed E-state index contributed by atoms with van der Waals surface area (Å²) in [6.07, 6.45) is 1.86. The second-order valence-corrected chi connectivity index (χ2v) is 5.44. The molecule has 0 radical (unpaired) electrons. The highest BCUT2D eigenvalue weighted by atomic mass is 79.9. The van der Waals surface area contributed by atoms with Gasteiger partial charge in [-0.2, -0.15) is 5.26 Å². The smallest absolute Gasteiger partial charge is 0.212 e. The van der Waals surface area contributed by atoms with Gasteiger partial charge in [0.15, 0.2) is 0 Å². The Bertz CT molecular complexity index is 475. The number of hydrogen-bond acceptors (Lipinski definition) is 2. The molecule has 1 heterocycles. The van der Waals surface area contributed by atoms with E-state index in [9.17, 15) is 0 Å². The highest BCUT2D eigenvalue weighted by molar-refractivity contribution is 9.10. The summed E-state index contributed by atoms with van der Waals surface area (Å²) in [6, 6.07) is 8.41. The van der Waals surface area contributed by atoms with Gasteiger partial charge in [-0.25, -0.2) is 0 Å². The Kier molecular flexibility index (Phi) is 3.87. The van der Waals surface area contributed by atoms with E-state index in [-0.39, 0.29) is 0 Å². The fraction of sp³-hybridized carbons (Fsp3) is 0.385. The molecule has 1 aliphatic heterocycles. The zero-order valence-electron chi connectivity index (χ0n) is 10.5. The summed E-state index contributed by atoms with van der Waals surface area (Å²) < 4.78 is 1.09. The number of rotatable bonds is 1. The molecule has 5 heteroatoms. The second kappa shape index (κ2) is 5.40. The van der Waals surface area contributed by atoms with Gasteiger partial charge in [-0.1, -0.05) is 28.1 Å². The Morgan fingerprint density at radius 2 is 1.78 bits per heavy atom. The normalized spacial score (nSPS) is 19.7. The zero-order chi connectivity index (χ0) is 13.1. The first-order chi connectivity index (χ1) is 8.61. The van der Waals surface area contributed by atoms with E-state index in [4.69, 9.17) is 5.26 Å². The van der Waals surface area contributed by atoms with Crippen molar-refractivity contribution in [2.24, 2.45) is 4.99 Å². The minimum Gasteiger partial charge on any atom is -0.344 e. The van der Waals surface area contributed by atoms with Gasteiger partial charge in [-0.05, 0) is 17.7 Å².